The van der Waals surface area contributed by atoms with E-state index >= 15 is 0 Å². The number of hydrogen-bond acceptors (Lipinski definition) is 5. The van der Waals surface area contributed by atoms with Gasteiger partial charge < -0.3 is 4.90 Å². The van der Waals surface area contributed by atoms with Gasteiger partial charge in [-0.1, -0.05) is 12.1 Å². The molecular formula is C17H22N4OS. The highest BCUT2D eigenvalue weighted by atomic mass is 32.1. The highest BCUT2D eigenvalue weighted by Crippen LogP contribution is 2.17. The van der Waals surface area contributed by atoms with Crippen molar-refractivity contribution in [3.8, 4) is 0 Å². The first kappa shape index (κ1) is 17.1. The zero-order valence-electron chi connectivity index (χ0n) is 14.0. The van der Waals surface area contributed by atoms with Gasteiger partial charge in [0.1, 0.15) is 4.88 Å². The number of anilines is 1. The second-order valence-corrected chi connectivity index (χ2v) is 6.31. The number of amides is 1. The Balaban J connectivity index is 1.98. The van der Waals surface area contributed by atoms with Crippen LogP contribution in [0.2, 0.25) is 0 Å². The van der Waals surface area contributed by atoms with Crippen LogP contribution in [0, 0.1) is 13.8 Å². The number of hydrazone groups is 1. The number of thiazole rings is 1. The van der Waals surface area contributed by atoms with Crippen molar-refractivity contribution >= 4 is 29.1 Å². The van der Waals surface area contributed by atoms with Gasteiger partial charge in [0.05, 0.1) is 16.9 Å². The molecular weight excluding hydrogens is 308 g/mol. The van der Waals surface area contributed by atoms with Gasteiger partial charge in [-0.15, -0.1) is 11.3 Å². The van der Waals surface area contributed by atoms with Gasteiger partial charge in [-0.05, 0) is 45.4 Å². The Hall–Kier alpha value is -2.21. The summed E-state index contributed by atoms with van der Waals surface area (Å²) >= 11 is 1.38. The summed E-state index contributed by atoms with van der Waals surface area (Å²) in [6.45, 7) is 9.94. The number of carbonyl (C=O) groups excluding carboxylic acids is 1. The van der Waals surface area contributed by atoms with Gasteiger partial charge in [-0.2, -0.15) is 5.10 Å². The summed E-state index contributed by atoms with van der Waals surface area (Å²) in [6.07, 6.45) is 1.65. The highest BCUT2D eigenvalue weighted by molar-refractivity contribution is 7.13. The molecule has 0 aliphatic heterocycles. The Morgan fingerprint density at radius 3 is 2.43 bits per heavy atom. The van der Waals surface area contributed by atoms with Gasteiger partial charge in [0.25, 0.3) is 5.91 Å². The van der Waals surface area contributed by atoms with E-state index in [-0.39, 0.29) is 5.91 Å². The Kier molecular flexibility index (Phi) is 5.87. The molecule has 1 heterocycles. The van der Waals surface area contributed by atoms with Crippen LogP contribution in [-0.4, -0.2) is 30.2 Å². The molecule has 0 radical (unpaired) electrons. The van der Waals surface area contributed by atoms with Crippen molar-refractivity contribution in [3.63, 3.8) is 0 Å². The Morgan fingerprint density at radius 2 is 1.91 bits per heavy atom. The van der Waals surface area contributed by atoms with Crippen LogP contribution in [0.3, 0.4) is 0 Å². The molecule has 1 N–H and O–H groups in total. The minimum absolute atomic E-state index is 0.218. The summed E-state index contributed by atoms with van der Waals surface area (Å²) in [5, 5.41) is 4.90. The van der Waals surface area contributed by atoms with E-state index in [1.54, 1.807) is 6.21 Å². The molecule has 0 unspecified atom stereocenters. The first-order valence-corrected chi connectivity index (χ1v) is 8.49. The van der Waals surface area contributed by atoms with Crippen molar-refractivity contribution < 1.29 is 4.79 Å². The Bertz CT molecular complexity index is 687. The number of hydrogen-bond donors (Lipinski definition) is 1. The summed E-state index contributed by atoms with van der Waals surface area (Å²) in [7, 11) is 0. The lowest BCUT2D eigenvalue weighted by atomic mass is 10.2. The molecule has 0 saturated carbocycles. The molecule has 122 valence electrons. The number of rotatable bonds is 6. The molecule has 0 spiro atoms. The third-order valence-electron chi connectivity index (χ3n) is 3.51. The van der Waals surface area contributed by atoms with Crippen molar-refractivity contribution in [1.82, 2.24) is 10.4 Å². The lowest BCUT2D eigenvalue weighted by molar-refractivity contribution is 0.0958. The first-order valence-electron chi connectivity index (χ1n) is 7.67. The molecule has 0 atom stereocenters. The molecule has 1 amide bonds. The molecule has 1 aromatic heterocycles. The third kappa shape index (κ3) is 4.39. The summed E-state index contributed by atoms with van der Waals surface area (Å²) in [6, 6.07) is 8.11. The maximum Gasteiger partial charge on any atom is 0.283 e. The lowest BCUT2D eigenvalue weighted by Crippen LogP contribution is -2.21. The van der Waals surface area contributed by atoms with E-state index in [4.69, 9.17) is 0 Å². The topological polar surface area (TPSA) is 57.6 Å². The summed E-state index contributed by atoms with van der Waals surface area (Å²) < 4.78 is 0. The fraction of sp³-hybridized carbons (Fsp3) is 0.353. The van der Waals surface area contributed by atoms with Gasteiger partial charge >= 0.3 is 0 Å². The fourth-order valence-electron chi connectivity index (χ4n) is 2.32. The molecule has 1 aromatic carbocycles. The molecule has 0 aliphatic rings. The van der Waals surface area contributed by atoms with Crippen LogP contribution < -0.4 is 10.3 Å². The van der Waals surface area contributed by atoms with E-state index in [1.807, 2.05) is 26.0 Å². The van der Waals surface area contributed by atoms with Crippen molar-refractivity contribution in [1.29, 1.82) is 0 Å². The van der Waals surface area contributed by atoms with Crippen LogP contribution in [0.1, 0.15) is 39.8 Å². The average Bonchev–Trinajstić information content (AvgIpc) is 2.88. The van der Waals surface area contributed by atoms with Crippen LogP contribution in [0.15, 0.2) is 29.4 Å². The summed E-state index contributed by atoms with van der Waals surface area (Å²) in [4.78, 5) is 19.2. The number of nitrogens with zero attached hydrogens (tertiary/aromatic N) is 3. The van der Waals surface area contributed by atoms with E-state index < -0.39 is 0 Å². The molecule has 6 heteroatoms. The minimum Gasteiger partial charge on any atom is -0.372 e. The van der Waals surface area contributed by atoms with Gasteiger partial charge in [-0.25, -0.2) is 10.4 Å². The summed E-state index contributed by atoms with van der Waals surface area (Å²) in [5.74, 6) is -0.218. The highest BCUT2D eigenvalue weighted by Gasteiger charge is 2.12. The van der Waals surface area contributed by atoms with E-state index in [1.165, 1.54) is 17.0 Å². The quantitative estimate of drug-likeness (QED) is 0.652. The van der Waals surface area contributed by atoms with Gasteiger partial charge in [0.15, 0.2) is 0 Å². The van der Waals surface area contributed by atoms with Crippen LogP contribution >= 0.6 is 11.3 Å². The standard InChI is InChI=1S/C17H22N4OS/c1-5-21(6-2)15-9-7-14(8-10-15)11-18-20-17(22)16-12(3)19-13(4)23-16/h7-11H,5-6H2,1-4H3,(H,20,22)/b18-11+. The first-order chi connectivity index (χ1) is 11.0. The molecule has 2 rings (SSSR count). The Labute approximate surface area is 141 Å². The average molecular weight is 330 g/mol. The molecule has 2 aromatic rings. The van der Waals surface area contributed by atoms with Gasteiger partial charge in [0, 0.05) is 18.8 Å². The van der Waals surface area contributed by atoms with Crippen LogP contribution in [0.25, 0.3) is 0 Å². The normalized spacial score (nSPS) is 11.0. The second kappa shape index (κ2) is 7.87. The van der Waals surface area contributed by atoms with E-state index in [0.717, 1.165) is 29.4 Å². The maximum atomic E-state index is 12.0. The van der Waals surface area contributed by atoms with Crippen molar-refractivity contribution in [2.24, 2.45) is 5.10 Å². The molecule has 0 fully saturated rings. The van der Waals surface area contributed by atoms with Crippen molar-refractivity contribution in [2.45, 2.75) is 27.7 Å². The molecule has 0 bridgehead atoms. The van der Waals surface area contributed by atoms with E-state index in [0.29, 0.717) is 4.88 Å². The zero-order chi connectivity index (χ0) is 16.8. The van der Waals surface area contributed by atoms with Gasteiger partial charge in [-0.3, -0.25) is 4.79 Å². The monoisotopic (exact) mass is 330 g/mol. The number of aromatic nitrogens is 1. The second-order valence-electron chi connectivity index (χ2n) is 5.11. The third-order valence-corrected chi connectivity index (χ3v) is 4.58. The fourth-order valence-corrected chi connectivity index (χ4v) is 3.13. The van der Waals surface area contributed by atoms with Gasteiger partial charge in [0.2, 0.25) is 0 Å². The van der Waals surface area contributed by atoms with Crippen LogP contribution in [0.5, 0.6) is 0 Å². The van der Waals surface area contributed by atoms with Crippen molar-refractivity contribution in [2.75, 3.05) is 18.0 Å². The smallest absolute Gasteiger partial charge is 0.283 e. The van der Waals surface area contributed by atoms with Crippen LogP contribution in [-0.2, 0) is 0 Å². The molecule has 23 heavy (non-hydrogen) atoms. The molecule has 0 saturated heterocycles. The molecule has 5 nitrogen and oxygen atoms in total. The minimum atomic E-state index is -0.218. The van der Waals surface area contributed by atoms with E-state index in [2.05, 4.69) is 46.4 Å². The number of nitrogens with one attached hydrogen (secondary N) is 1. The van der Waals surface area contributed by atoms with Crippen LogP contribution in [0.4, 0.5) is 5.69 Å². The maximum absolute atomic E-state index is 12.0. The SMILES string of the molecule is CCN(CC)c1ccc(/C=N/NC(=O)c2sc(C)nc2C)cc1. The van der Waals surface area contributed by atoms with E-state index in [9.17, 15) is 4.79 Å². The lowest BCUT2D eigenvalue weighted by Gasteiger charge is -2.20. The predicted molar refractivity (Wildman–Crippen MR) is 96.7 cm³/mol. The van der Waals surface area contributed by atoms with Crippen molar-refractivity contribution in [3.05, 3.63) is 45.4 Å². The number of benzene rings is 1. The molecule has 0 aliphatic carbocycles. The Morgan fingerprint density at radius 1 is 1.26 bits per heavy atom. The summed E-state index contributed by atoms with van der Waals surface area (Å²) in [5.41, 5.74) is 5.42. The largest absolute Gasteiger partial charge is 0.372 e. The number of carbonyl (C=O) groups is 1. The predicted octanol–water partition coefficient (Wildman–Crippen LogP) is 3.37. The number of aryl methyl sites for hydroxylation is 2. The zero-order valence-corrected chi connectivity index (χ0v) is 14.8.